The number of amides is 1. The number of carbonyl (C=O) groups excluding carboxylic acids is 1. The molecule has 1 saturated carbocycles. The molecule has 11 heteroatoms. The van der Waals surface area contributed by atoms with E-state index in [9.17, 15) is 35.2 Å². The van der Waals surface area contributed by atoms with Gasteiger partial charge >= 0.3 is 6.18 Å². The summed E-state index contributed by atoms with van der Waals surface area (Å²) in [6.07, 6.45) is -4.88. The van der Waals surface area contributed by atoms with Gasteiger partial charge in [0.25, 0.3) is 5.92 Å². The van der Waals surface area contributed by atoms with Gasteiger partial charge in [-0.05, 0) is 37.5 Å². The Hall–Kier alpha value is -1.23. The highest BCUT2D eigenvalue weighted by Crippen LogP contribution is 2.41. The molecular weight excluding hydrogens is 461 g/mol. The molecule has 4 nitrogen and oxygen atoms in total. The van der Waals surface area contributed by atoms with Crippen LogP contribution < -0.4 is 0 Å². The van der Waals surface area contributed by atoms with Crippen molar-refractivity contribution in [2.24, 2.45) is 5.92 Å². The zero-order valence-electron chi connectivity index (χ0n) is 13.8. The van der Waals surface area contributed by atoms with Crippen LogP contribution in [-0.2, 0) is 20.8 Å². The van der Waals surface area contributed by atoms with Crippen molar-refractivity contribution in [3.8, 4) is 0 Å². The summed E-state index contributed by atoms with van der Waals surface area (Å²) in [6, 6.07) is 2.81. The number of hydrogen-bond donors (Lipinski definition) is 0. The van der Waals surface area contributed by atoms with Gasteiger partial charge in [-0.1, -0.05) is 15.9 Å². The molecule has 0 radical (unpaired) electrons. The summed E-state index contributed by atoms with van der Waals surface area (Å²) in [5.74, 6) is -4.27. The van der Waals surface area contributed by atoms with Gasteiger partial charge in [-0.25, -0.2) is 17.2 Å². The van der Waals surface area contributed by atoms with Crippen LogP contribution >= 0.6 is 15.9 Å². The molecule has 1 aromatic rings. The van der Waals surface area contributed by atoms with Crippen molar-refractivity contribution in [3.05, 3.63) is 28.2 Å². The highest BCUT2D eigenvalue weighted by atomic mass is 79.9. The van der Waals surface area contributed by atoms with Crippen LogP contribution in [0.3, 0.4) is 0 Å². The summed E-state index contributed by atoms with van der Waals surface area (Å²) >= 11 is 2.90. The maximum atomic E-state index is 13.3. The Kier molecular flexibility index (Phi) is 5.07. The fourth-order valence-electron chi connectivity index (χ4n) is 3.52. The first-order valence-corrected chi connectivity index (χ1v) is 10.4. The van der Waals surface area contributed by atoms with E-state index in [0.717, 1.165) is 11.0 Å². The van der Waals surface area contributed by atoms with Crippen molar-refractivity contribution in [2.45, 2.75) is 41.5 Å². The molecule has 1 aromatic carbocycles. The van der Waals surface area contributed by atoms with Gasteiger partial charge in [0.05, 0.1) is 28.8 Å². The Morgan fingerprint density at radius 1 is 1.19 bits per heavy atom. The third-order valence-electron chi connectivity index (χ3n) is 4.88. The number of rotatable bonds is 3. The Labute approximate surface area is 160 Å². The Morgan fingerprint density at radius 2 is 1.81 bits per heavy atom. The summed E-state index contributed by atoms with van der Waals surface area (Å²) in [5, 5.41) is -1.16. The number of hydrogen-bond acceptors (Lipinski definition) is 3. The fraction of sp³-hybridized carbons (Fsp3) is 0.562. The smallest absolute Gasteiger partial charge is 0.330 e. The van der Waals surface area contributed by atoms with Crippen molar-refractivity contribution < 1.29 is 35.2 Å². The number of benzene rings is 1. The summed E-state index contributed by atoms with van der Waals surface area (Å²) in [5.41, 5.74) is -1.27. The van der Waals surface area contributed by atoms with E-state index in [-0.39, 0.29) is 23.7 Å². The minimum atomic E-state index is -4.86. The van der Waals surface area contributed by atoms with Gasteiger partial charge in [0, 0.05) is 10.4 Å². The van der Waals surface area contributed by atoms with Crippen molar-refractivity contribution in [3.63, 3.8) is 0 Å². The molecule has 0 aromatic heterocycles. The topological polar surface area (TPSA) is 54.5 Å². The van der Waals surface area contributed by atoms with E-state index in [2.05, 4.69) is 15.9 Å². The SMILES string of the molecule is O=C([C@@H]1CC[C@@H](S(=O)(=O)c2ccc(Br)cc2C(F)(F)F)C1)N1CC(F)(F)C1. The van der Waals surface area contributed by atoms with Crippen molar-refractivity contribution in [1.29, 1.82) is 0 Å². The molecule has 2 atom stereocenters. The van der Waals surface area contributed by atoms with Gasteiger partial charge in [-0.3, -0.25) is 4.79 Å². The molecule has 3 rings (SSSR count). The lowest BCUT2D eigenvalue weighted by Crippen LogP contribution is -2.59. The second-order valence-corrected chi connectivity index (χ2v) is 9.98. The van der Waals surface area contributed by atoms with Gasteiger partial charge in [-0.15, -0.1) is 0 Å². The number of sulfone groups is 1. The predicted molar refractivity (Wildman–Crippen MR) is 89.0 cm³/mol. The van der Waals surface area contributed by atoms with Crippen LogP contribution in [-0.4, -0.2) is 43.5 Å². The molecule has 1 heterocycles. The normalized spacial score (nSPS) is 25.3. The van der Waals surface area contributed by atoms with Crippen molar-refractivity contribution in [2.75, 3.05) is 13.1 Å². The van der Waals surface area contributed by atoms with Gasteiger partial charge in [0.1, 0.15) is 0 Å². The minimum absolute atomic E-state index is 0.0103. The lowest BCUT2D eigenvalue weighted by Gasteiger charge is -2.40. The Bertz CT molecular complexity index is 863. The quantitative estimate of drug-likeness (QED) is 0.623. The predicted octanol–water partition coefficient (Wildman–Crippen LogP) is 3.89. The molecule has 0 unspecified atom stereocenters. The number of alkyl halides is 5. The van der Waals surface area contributed by atoms with Crippen LogP contribution in [0, 0.1) is 5.92 Å². The maximum absolute atomic E-state index is 13.3. The fourth-order valence-corrected chi connectivity index (χ4v) is 5.91. The Morgan fingerprint density at radius 3 is 2.37 bits per heavy atom. The van der Waals surface area contributed by atoms with E-state index >= 15 is 0 Å². The van der Waals surface area contributed by atoms with Crippen LogP contribution in [0.5, 0.6) is 0 Å². The summed E-state index contributed by atoms with van der Waals surface area (Å²) in [7, 11) is -4.33. The van der Waals surface area contributed by atoms with Crippen LogP contribution in [0.2, 0.25) is 0 Å². The first-order chi connectivity index (χ1) is 12.3. The third kappa shape index (κ3) is 3.98. The largest absolute Gasteiger partial charge is 0.417 e. The van der Waals surface area contributed by atoms with E-state index < -0.39 is 62.6 Å². The molecule has 1 aliphatic heterocycles. The molecule has 1 amide bonds. The zero-order chi connectivity index (χ0) is 20.2. The second kappa shape index (κ2) is 6.68. The minimum Gasteiger partial charge on any atom is -0.330 e. The molecular formula is C16H15BrF5NO3S. The number of halogens is 6. The molecule has 0 spiro atoms. The van der Waals surface area contributed by atoms with Crippen LogP contribution in [0.4, 0.5) is 22.0 Å². The molecule has 27 heavy (non-hydrogen) atoms. The summed E-state index contributed by atoms with van der Waals surface area (Å²) < 4.78 is 91.3. The zero-order valence-corrected chi connectivity index (χ0v) is 16.2. The van der Waals surface area contributed by atoms with E-state index in [4.69, 9.17) is 0 Å². The lowest BCUT2D eigenvalue weighted by molar-refractivity contribution is -0.169. The lowest BCUT2D eigenvalue weighted by atomic mass is 10.0. The van der Waals surface area contributed by atoms with Crippen LogP contribution in [0.25, 0.3) is 0 Å². The molecule has 0 bridgehead atoms. The first-order valence-electron chi connectivity index (χ1n) is 8.08. The van der Waals surface area contributed by atoms with Gasteiger partial charge in [0.2, 0.25) is 5.91 Å². The van der Waals surface area contributed by atoms with Crippen molar-refractivity contribution in [1.82, 2.24) is 4.90 Å². The number of carbonyl (C=O) groups is 1. The monoisotopic (exact) mass is 475 g/mol. The van der Waals surface area contributed by atoms with E-state index in [1.165, 1.54) is 6.07 Å². The van der Waals surface area contributed by atoms with Crippen molar-refractivity contribution >= 4 is 31.7 Å². The summed E-state index contributed by atoms with van der Waals surface area (Å²) in [6.45, 7) is -1.41. The highest BCUT2D eigenvalue weighted by molar-refractivity contribution is 9.10. The standard InChI is InChI=1S/C16H15BrF5NO3S/c17-10-2-4-13(12(6-10)16(20,21)22)27(25,26)11-3-1-9(5-11)14(24)23-7-15(18,19)8-23/h2,4,6,9,11H,1,3,5,7-8H2/t9-,11-/m1/s1. The van der Waals surface area contributed by atoms with Crippen LogP contribution in [0.15, 0.2) is 27.6 Å². The second-order valence-electron chi connectivity index (χ2n) is 6.87. The molecule has 1 aliphatic carbocycles. The van der Waals surface area contributed by atoms with E-state index in [0.29, 0.717) is 6.07 Å². The van der Waals surface area contributed by atoms with Gasteiger partial charge < -0.3 is 4.90 Å². The van der Waals surface area contributed by atoms with Crippen LogP contribution in [0.1, 0.15) is 24.8 Å². The Balaban J connectivity index is 1.81. The number of likely N-dealkylation sites (tertiary alicyclic amines) is 1. The summed E-state index contributed by atoms with van der Waals surface area (Å²) in [4.78, 5) is 12.3. The van der Waals surface area contributed by atoms with E-state index in [1.807, 2.05) is 0 Å². The molecule has 0 N–H and O–H groups in total. The molecule has 150 valence electrons. The maximum Gasteiger partial charge on any atom is 0.417 e. The average Bonchev–Trinajstić information content (AvgIpc) is 3.01. The van der Waals surface area contributed by atoms with Gasteiger partial charge in [0.15, 0.2) is 9.84 Å². The average molecular weight is 476 g/mol. The highest BCUT2D eigenvalue weighted by Gasteiger charge is 2.50. The van der Waals surface area contributed by atoms with E-state index in [1.54, 1.807) is 0 Å². The molecule has 1 saturated heterocycles. The number of nitrogens with zero attached hydrogens (tertiary/aromatic N) is 1. The molecule has 2 aliphatic rings. The molecule has 2 fully saturated rings. The first kappa shape index (κ1) is 20.5. The van der Waals surface area contributed by atoms with Gasteiger partial charge in [-0.2, -0.15) is 13.2 Å². The third-order valence-corrected chi connectivity index (χ3v) is 7.65.